The van der Waals surface area contributed by atoms with Crippen LogP contribution in [0.15, 0.2) is 79.1 Å². The van der Waals surface area contributed by atoms with Crippen LogP contribution in [0.4, 0.5) is 0 Å². The average molecular weight is 456 g/mol. The Hall–Kier alpha value is -3.95. The van der Waals surface area contributed by atoms with Crippen molar-refractivity contribution in [1.29, 1.82) is 5.26 Å². The van der Waals surface area contributed by atoms with Gasteiger partial charge in [0.15, 0.2) is 0 Å². The van der Waals surface area contributed by atoms with E-state index in [1.807, 2.05) is 61.5 Å². The quantitative estimate of drug-likeness (QED) is 0.371. The Morgan fingerprint density at radius 3 is 2.61 bits per heavy atom. The molecule has 0 spiro atoms. The summed E-state index contributed by atoms with van der Waals surface area (Å²) in [6.07, 6.45) is 3.63. The molecule has 0 saturated heterocycles. The minimum Gasteiger partial charge on any atom is -0.332 e. The number of nitrogens with zero attached hydrogens (tertiary/aromatic N) is 5. The third kappa shape index (κ3) is 5.11. The molecule has 6 nitrogen and oxygen atoms in total. The summed E-state index contributed by atoms with van der Waals surface area (Å²) in [5, 5.41) is 14.4. The van der Waals surface area contributed by atoms with Crippen LogP contribution in [0, 0.1) is 18.3 Å². The van der Waals surface area contributed by atoms with E-state index >= 15 is 0 Å². The SMILES string of the molecule is Cc1ccc(-n2nc(-c3ccccc3Cl)cc2C(=O)N(CCC#N)Cc2cccnc2)cc1. The molecule has 0 atom stereocenters. The molecule has 2 aromatic carbocycles. The van der Waals surface area contributed by atoms with Crippen LogP contribution in [0.25, 0.3) is 16.9 Å². The molecule has 2 aromatic heterocycles. The van der Waals surface area contributed by atoms with Crippen molar-refractivity contribution >= 4 is 17.5 Å². The van der Waals surface area contributed by atoms with Gasteiger partial charge in [-0.15, -0.1) is 0 Å². The number of hydrogen-bond acceptors (Lipinski definition) is 4. The van der Waals surface area contributed by atoms with Crippen LogP contribution >= 0.6 is 11.6 Å². The smallest absolute Gasteiger partial charge is 0.272 e. The Morgan fingerprint density at radius 1 is 1.12 bits per heavy atom. The summed E-state index contributed by atoms with van der Waals surface area (Å²) in [5.74, 6) is -0.222. The number of hydrogen-bond donors (Lipinski definition) is 0. The number of nitriles is 1. The van der Waals surface area contributed by atoms with Crippen molar-refractivity contribution < 1.29 is 4.79 Å². The third-order valence-corrected chi connectivity index (χ3v) is 5.56. The largest absolute Gasteiger partial charge is 0.332 e. The maximum atomic E-state index is 13.7. The van der Waals surface area contributed by atoms with Crippen molar-refractivity contribution in [2.45, 2.75) is 19.9 Å². The van der Waals surface area contributed by atoms with Gasteiger partial charge >= 0.3 is 0 Å². The van der Waals surface area contributed by atoms with E-state index in [9.17, 15) is 4.79 Å². The Morgan fingerprint density at radius 2 is 1.91 bits per heavy atom. The molecule has 0 aliphatic carbocycles. The van der Waals surface area contributed by atoms with Crippen molar-refractivity contribution in [2.24, 2.45) is 0 Å². The normalized spacial score (nSPS) is 10.6. The van der Waals surface area contributed by atoms with Gasteiger partial charge in [-0.05, 0) is 42.8 Å². The lowest BCUT2D eigenvalue weighted by molar-refractivity contribution is 0.0737. The van der Waals surface area contributed by atoms with Gasteiger partial charge in [-0.25, -0.2) is 4.68 Å². The first-order chi connectivity index (χ1) is 16.1. The van der Waals surface area contributed by atoms with Crippen LogP contribution in [-0.2, 0) is 6.54 Å². The van der Waals surface area contributed by atoms with Gasteiger partial charge in [0.1, 0.15) is 5.69 Å². The second-order valence-corrected chi connectivity index (χ2v) is 8.05. The molecule has 0 fully saturated rings. The maximum Gasteiger partial charge on any atom is 0.272 e. The summed E-state index contributed by atoms with van der Waals surface area (Å²) < 4.78 is 1.64. The summed E-state index contributed by atoms with van der Waals surface area (Å²) in [5.41, 5.74) is 4.51. The van der Waals surface area contributed by atoms with E-state index in [2.05, 4.69) is 11.1 Å². The van der Waals surface area contributed by atoms with E-state index in [1.54, 1.807) is 34.1 Å². The summed E-state index contributed by atoms with van der Waals surface area (Å²) in [6, 6.07) is 22.8. The number of amides is 1. The van der Waals surface area contributed by atoms with Crippen molar-refractivity contribution in [3.8, 4) is 23.0 Å². The lowest BCUT2D eigenvalue weighted by Gasteiger charge is -2.22. The molecular formula is C26H22ClN5O. The number of aryl methyl sites for hydroxylation is 1. The number of aromatic nitrogens is 3. The molecule has 4 rings (SSSR count). The number of carbonyl (C=O) groups is 1. The van der Waals surface area contributed by atoms with Gasteiger partial charge in [0.2, 0.25) is 0 Å². The predicted molar refractivity (Wildman–Crippen MR) is 128 cm³/mol. The zero-order valence-corrected chi connectivity index (χ0v) is 18.9. The van der Waals surface area contributed by atoms with E-state index in [-0.39, 0.29) is 12.3 Å². The van der Waals surface area contributed by atoms with E-state index in [1.165, 1.54) is 0 Å². The second-order valence-electron chi connectivity index (χ2n) is 7.64. The summed E-state index contributed by atoms with van der Waals surface area (Å²) in [4.78, 5) is 19.5. The lowest BCUT2D eigenvalue weighted by atomic mass is 10.1. The first-order valence-corrected chi connectivity index (χ1v) is 10.9. The van der Waals surface area contributed by atoms with Crippen LogP contribution in [0.3, 0.4) is 0 Å². The molecule has 0 N–H and O–H groups in total. The third-order valence-electron chi connectivity index (χ3n) is 5.23. The van der Waals surface area contributed by atoms with Gasteiger partial charge in [0, 0.05) is 31.0 Å². The maximum absolute atomic E-state index is 13.7. The first-order valence-electron chi connectivity index (χ1n) is 10.5. The fourth-order valence-corrected chi connectivity index (χ4v) is 3.76. The number of halogens is 1. The molecule has 0 saturated carbocycles. The Bertz CT molecular complexity index is 1290. The van der Waals surface area contributed by atoms with Gasteiger partial charge in [0.05, 0.1) is 28.9 Å². The van der Waals surface area contributed by atoms with Crippen molar-refractivity contribution in [3.05, 3.63) is 101 Å². The highest BCUT2D eigenvalue weighted by Crippen LogP contribution is 2.29. The predicted octanol–water partition coefficient (Wildman–Crippen LogP) is 5.45. The highest BCUT2D eigenvalue weighted by atomic mass is 35.5. The molecule has 164 valence electrons. The standard InChI is InChI=1S/C26H22ClN5O/c1-19-9-11-21(12-10-19)32-25(16-24(30-32)22-7-2-3-8-23(22)27)26(33)31(15-5-13-28)18-20-6-4-14-29-17-20/h2-4,6-12,14,16-17H,5,15,18H2,1H3. The van der Waals surface area contributed by atoms with Crippen LogP contribution < -0.4 is 0 Å². The van der Waals surface area contributed by atoms with E-state index in [0.29, 0.717) is 29.5 Å². The molecular weight excluding hydrogens is 434 g/mol. The van der Waals surface area contributed by atoms with Crippen LogP contribution in [0.1, 0.15) is 28.0 Å². The molecule has 33 heavy (non-hydrogen) atoms. The fourth-order valence-electron chi connectivity index (χ4n) is 3.53. The van der Waals surface area contributed by atoms with Gasteiger partial charge in [-0.1, -0.05) is 53.6 Å². The molecule has 0 radical (unpaired) electrons. The first kappa shape index (κ1) is 22.3. The van der Waals surface area contributed by atoms with Gasteiger partial charge < -0.3 is 4.90 Å². The number of carbonyl (C=O) groups excluding carboxylic acids is 1. The van der Waals surface area contributed by atoms with E-state index < -0.39 is 0 Å². The molecule has 0 aliphatic heterocycles. The minimum atomic E-state index is -0.222. The number of pyridine rings is 1. The molecule has 4 aromatic rings. The Labute approximate surface area is 197 Å². The van der Waals surface area contributed by atoms with E-state index in [4.69, 9.17) is 22.0 Å². The van der Waals surface area contributed by atoms with Gasteiger partial charge in [-0.3, -0.25) is 9.78 Å². The Kier molecular flexibility index (Phi) is 6.82. The van der Waals surface area contributed by atoms with Crippen LogP contribution in [-0.4, -0.2) is 32.1 Å². The molecule has 2 heterocycles. The van der Waals surface area contributed by atoms with Crippen molar-refractivity contribution in [3.63, 3.8) is 0 Å². The van der Waals surface area contributed by atoms with E-state index in [0.717, 1.165) is 22.4 Å². The highest BCUT2D eigenvalue weighted by molar-refractivity contribution is 6.33. The summed E-state index contributed by atoms with van der Waals surface area (Å²) in [6.45, 7) is 2.64. The molecule has 0 aliphatic rings. The summed E-state index contributed by atoms with van der Waals surface area (Å²) in [7, 11) is 0. The lowest BCUT2D eigenvalue weighted by Crippen LogP contribution is -2.33. The number of rotatable bonds is 7. The highest BCUT2D eigenvalue weighted by Gasteiger charge is 2.23. The van der Waals surface area contributed by atoms with Crippen LogP contribution in [0.2, 0.25) is 5.02 Å². The zero-order chi connectivity index (χ0) is 23.2. The summed E-state index contributed by atoms with van der Waals surface area (Å²) >= 11 is 6.42. The number of benzene rings is 2. The van der Waals surface area contributed by atoms with Gasteiger partial charge in [0.25, 0.3) is 5.91 Å². The fraction of sp³-hybridized carbons (Fsp3) is 0.154. The Balaban J connectivity index is 1.79. The molecule has 0 bridgehead atoms. The molecule has 7 heteroatoms. The van der Waals surface area contributed by atoms with Crippen molar-refractivity contribution in [1.82, 2.24) is 19.7 Å². The minimum absolute atomic E-state index is 0.222. The van der Waals surface area contributed by atoms with Crippen LogP contribution in [0.5, 0.6) is 0 Å². The second kappa shape index (κ2) is 10.1. The van der Waals surface area contributed by atoms with Crippen molar-refractivity contribution in [2.75, 3.05) is 6.54 Å². The monoisotopic (exact) mass is 455 g/mol. The molecule has 0 unspecified atom stereocenters. The average Bonchev–Trinajstić information content (AvgIpc) is 3.28. The molecule has 1 amide bonds. The van der Waals surface area contributed by atoms with Gasteiger partial charge in [-0.2, -0.15) is 10.4 Å². The topological polar surface area (TPSA) is 74.8 Å². The zero-order valence-electron chi connectivity index (χ0n) is 18.1.